The van der Waals surface area contributed by atoms with Crippen LogP contribution in [0, 0.1) is 6.08 Å². The van der Waals surface area contributed by atoms with Gasteiger partial charge in [0.1, 0.15) is 5.00 Å². The molecular weight excluding hydrogens is 278 g/mol. The second kappa shape index (κ2) is 4.41. The Morgan fingerprint density at radius 2 is 1.90 bits per heavy atom. The highest BCUT2D eigenvalue weighted by Crippen LogP contribution is 2.36. The molecule has 0 N–H and O–H groups in total. The maximum Gasteiger partial charge on any atom is 0.516 e. The van der Waals surface area contributed by atoms with E-state index in [1.807, 2.05) is 45.2 Å². The van der Waals surface area contributed by atoms with Crippen LogP contribution in [0.25, 0.3) is 5.00 Å². The molecule has 0 amide bonds. The van der Waals surface area contributed by atoms with Gasteiger partial charge in [0.25, 0.3) is 6.08 Å². The average molecular weight is 294 g/mol. The topological polar surface area (TPSA) is 36.3 Å². The molecule has 4 nitrogen and oxygen atoms in total. The van der Waals surface area contributed by atoms with Gasteiger partial charge in [-0.1, -0.05) is 0 Å². The van der Waals surface area contributed by atoms with Crippen LogP contribution in [0.3, 0.4) is 0 Å². The zero-order valence-electron chi connectivity index (χ0n) is 11.9. The lowest BCUT2D eigenvalue weighted by molar-refractivity contribution is 0.00578. The lowest BCUT2D eigenvalue weighted by atomic mass is 9.86. The fraction of sp³-hybridized carbons (Fsp3) is 0.462. The van der Waals surface area contributed by atoms with Crippen molar-refractivity contribution in [3.05, 3.63) is 29.8 Å². The summed E-state index contributed by atoms with van der Waals surface area (Å²) in [5.74, 6) is 0. The molecule has 1 aliphatic heterocycles. The molecule has 1 saturated heterocycles. The van der Waals surface area contributed by atoms with E-state index in [0.717, 1.165) is 5.00 Å². The largest absolute Gasteiger partial charge is 0.516 e. The van der Waals surface area contributed by atoms with E-state index in [4.69, 9.17) is 9.31 Å². The van der Waals surface area contributed by atoms with Gasteiger partial charge >= 0.3 is 7.12 Å². The second-order valence-electron chi connectivity index (χ2n) is 5.84. The van der Waals surface area contributed by atoms with Crippen molar-refractivity contribution in [2.24, 2.45) is 0 Å². The van der Waals surface area contributed by atoms with Crippen LogP contribution in [-0.2, 0) is 9.31 Å². The summed E-state index contributed by atoms with van der Waals surface area (Å²) in [6.07, 6.45) is 1.07. The zero-order chi connectivity index (χ0) is 14.5. The predicted molar refractivity (Wildman–Crippen MR) is 77.1 cm³/mol. The maximum atomic E-state index is 14.0. The Labute approximate surface area is 121 Å². The highest BCUT2D eigenvalue weighted by atomic mass is 32.1. The first-order valence-electron chi connectivity index (χ1n) is 6.44. The first-order valence-corrected chi connectivity index (χ1v) is 7.32. The number of rotatable bonds is 2. The summed E-state index contributed by atoms with van der Waals surface area (Å²) in [7, 11) is -0.643. The molecule has 2 aromatic rings. The fourth-order valence-corrected chi connectivity index (χ4v) is 2.71. The molecule has 106 valence electrons. The van der Waals surface area contributed by atoms with Crippen molar-refractivity contribution in [2.75, 3.05) is 0 Å². The Balaban J connectivity index is 1.92. The van der Waals surface area contributed by atoms with E-state index in [9.17, 15) is 4.39 Å². The van der Waals surface area contributed by atoms with Crippen LogP contribution >= 0.6 is 11.3 Å². The summed E-state index contributed by atoms with van der Waals surface area (Å²) in [6, 6.07) is 3.71. The van der Waals surface area contributed by atoms with E-state index in [0.29, 0.717) is 5.59 Å². The summed E-state index contributed by atoms with van der Waals surface area (Å²) >= 11 is 1.45. The van der Waals surface area contributed by atoms with Gasteiger partial charge in [-0.25, -0.2) is 4.98 Å². The lowest BCUT2D eigenvalue weighted by Gasteiger charge is -2.32. The van der Waals surface area contributed by atoms with Crippen molar-refractivity contribution >= 4 is 24.0 Å². The van der Waals surface area contributed by atoms with Crippen LogP contribution in [0.1, 0.15) is 27.7 Å². The van der Waals surface area contributed by atoms with Gasteiger partial charge in [-0.2, -0.15) is 4.39 Å². The maximum absolute atomic E-state index is 14.0. The van der Waals surface area contributed by atoms with Gasteiger partial charge in [0.15, 0.2) is 0 Å². The Hall–Kier alpha value is -1.18. The quantitative estimate of drug-likeness (QED) is 0.798. The Bertz CT molecular complexity index is 608. The number of aromatic nitrogens is 2. The van der Waals surface area contributed by atoms with Gasteiger partial charge in [-0.3, -0.25) is 4.57 Å². The molecule has 20 heavy (non-hydrogen) atoms. The summed E-state index contributed by atoms with van der Waals surface area (Å²) in [5.41, 5.74) is -0.462. The highest BCUT2D eigenvalue weighted by Gasteiger charge is 2.52. The SMILES string of the molecule is CC1(C)OB(c2cn(-c3cccs3)c(F)n2)OC1(C)C. The third-order valence-corrected chi connectivity index (χ3v) is 4.79. The van der Waals surface area contributed by atoms with Crippen molar-refractivity contribution < 1.29 is 13.7 Å². The summed E-state index contributed by atoms with van der Waals surface area (Å²) in [6.45, 7) is 7.83. The zero-order valence-corrected chi connectivity index (χ0v) is 12.7. The fourth-order valence-electron chi connectivity index (χ4n) is 2.01. The van der Waals surface area contributed by atoms with E-state index in [1.165, 1.54) is 15.9 Å². The van der Waals surface area contributed by atoms with Crippen LogP contribution in [0.5, 0.6) is 0 Å². The Morgan fingerprint density at radius 1 is 1.25 bits per heavy atom. The van der Waals surface area contributed by atoms with Gasteiger partial charge in [-0.15, -0.1) is 11.3 Å². The molecule has 0 spiro atoms. The van der Waals surface area contributed by atoms with Gasteiger partial charge in [-0.05, 0) is 45.2 Å². The van der Waals surface area contributed by atoms with E-state index in [1.54, 1.807) is 6.20 Å². The number of thiophene rings is 1. The molecule has 3 rings (SSSR count). The molecule has 0 aliphatic carbocycles. The van der Waals surface area contributed by atoms with Crippen molar-refractivity contribution in [2.45, 2.75) is 38.9 Å². The van der Waals surface area contributed by atoms with E-state index in [2.05, 4.69) is 4.98 Å². The standard InChI is InChI=1S/C13H16BFN2O2S/c1-12(2)13(3,4)19-14(18-12)9-8-17(11(15)16-9)10-6-5-7-20-10/h5-8H,1-4H3. The first kappa shape index (κ1) is 13.8. The molecule has 2 aromatic heterocycles. The number of nitrogens with zero attached hydrogens (tertiary/aromatic N) is 2. The van der Waals surface area contributed by atoms with Crippen LogP contribution in [0.15, 0.2) is 23.7 Å². The lowest BCUT2D eigenvalue weighted by Crippen LogP contribution is -2.41. The van der Waals surface area contributed by atoms with Gasteiger partial charge in [0.2, 0.25) is 0 Å². The first-order chi connectivity index (χ1) is 9.30. The molecule has 0 atom stereocenters. The summed E-state index contributed by atoms with van der Waals surface area (Å²) < 4.78 is 27.1. The third-order valence-electron chi connectivity index (χ3n) is 3.92. The number of hydrogen-bond acceptors (Lipinski definition) is 4. The third kappa shape index (κ3) is 2.10. The molecule has 0 aromatic carbocycles. The van der Waals surface area contributed by atoms with Crippen molar-refractivity contribution in [3.63, 3.8) is 0 Å². The Morgan fingerprint density at radius 3 is 2.45 bits per heavy atom. The molecular formula is C13H16BFN2O2S. The molecule has 7 heteroatoms. The average Bonchev–Trinajstić information content (AvgIpc) is 2.98. The highest BCUT2D eigenvalue weighted by molar-refractivity contribution is 7.12. The van der Waals surface area contributed by atoms with Crippen LogP contribution in [-0.4, -0.2) is 27.9 Å². The molecule has 1 fully saturated rings. The van der Waals surface area contributed by atoms with Crippen LogP contribution in [0.2, 0.25) is 0 Å². The number of halogens is 1. The monoisotopic (exact) mass is 294 g/mol. The van der Waals surface area contributed by atoms with Crippen molar-refractivity contribution in [1.82, 2.24) is 9.55 Å². The molecule has 3 heterocycles. The minimum atomic E-state index is -0.643. The van der Waals surface area contributed by atoms with E-state index >= 15 is 0 Å². The van der Waals surface area contributed by atoms with Crippen LogP contribution < -0.4 is 5.59 Å². The second-order valence-corrected chi connectivity index (χ2v) is 6.77. The number of imidazole rings is 1. The minimum absolute atomic E-state index is 0.453. The van der Waals surface area contributed by atoms with Crippen LogP contribution in [0.4, 0.5) is 4.39 Å². The minimum Gasteiger partial charge on any atom is -0.398 e. The van der Waals surface area contributed by atoms with E-state index in [-0.39, 0.29) is 0 Å². The Kier molecular flexibility index (Phi) is 3.04. The predicted octanol–water partition coefficient (Wildman–Crippen LogP) is 2.37. The van der Waals surface area contributed by atoms with E-state index < -0.39 is 24.4 Å². The molecule has 0 unspecified atom stereocenters. The molecule has 0 saturated carbocycles. The molecule has 0 bridgehead atoms. The molecule has 0 radical (unpaired) electrons. The summed E-state index contributed by atoms with van der Waals surface area (Å²) in [4.78, 5) is 3.93. The van der Waals surface area contributed by atoms with Crippen molar-refractivity contribution in [3.8, 4) is 5.00 Å². The normalized spacial score (nSPS) is 20.6. The molecule has 1 aliphatic rings. The van der Waals surface area contributed by atoms with Gasteiger partial charge < -0.3 is 9.31 Å². The smallest absolute Gasteiger partial charge is 0.398 e. The van der Waals surface area contributed by atoms with Gasteiger partial charge in [0, 0.05) is 6.20 Å². The summed E-state index contributed by atoms with van der Waals surface area (Å²) in [5, 5.41) is 2.67. The van der Waals surface area contributed by atoms with Crippen molar-refractivity contribution in [1.29, 1.82) is 0 Å². The number of hydrogen-bond donors (Lipinski definition) is 0. The van der Waals surface area contributed by atoms with Gasteiger partial charge in [0.05, 0.1) is 16.8 Å².